The molecule has 0 aliphatic heterocycles. The lowest BCUT2D eigenvalue weighted by Gasteiger charge is -2.18. The number of nitriles is 1. The zero-order valence-electron chi connectivity index (χ0n) is 8.52. The molecule has 0 bridgehead atoms. The van der Waals surface area contributed by atoms with Gasteiger partial charge in [-0.05, 0) is 32.0 Å². The van der Waals surface area contributed by atoms with Crippen molar-refractivity contribution < 1.29 is 14.6 Å². The molecular formula is C11H11NO3. The van der Waals surface area contributed by atoms with E-state index in [9.17, 15) is 4.79 Å². The Morgan fingerprint density at radius 2 is 2.20 bits per heavy atom. The lowest BCUT2D eigenvalue weighted by Crippen LogP contribution is -2.25. The van der Waals surface area contributed by atoms with E-state index in [1.807, 2.05) is 6.07 Å². The van der Waals surface area contributed by atoms with E-state index >= 15 is 0 Å². The van der Waals surface area contributed by atoms with Crippen molar-refractivity contribution in [3.8, 4) is 11.8 Å². The first-order chi connectivity index (χ1) is 6.94. The van der Waals surface area contributed by atoms with Gasteiger partial charge < -0.3 is 9.84 Å². The second-order valence-electron chi connectivity index (χ2n) is 3.56. The molecule has 15 heavy (non-hydrogen) atoms. The lowest BCUT2D eigenvalue weighted by atomic mass is 10.1. The van der Waals surface area contributed by atoms with E-state index in [2.05, 4.69) is 0 Å². The summed E-state index contributed by atoms with van der Waals surface area (Å²) in [5.41, 5.74) is -0.821. The van der Waals surface area contributed by atoms with E-state index in [0.717, 1.165) is 0 Å². The number of carboxylic acid groups (broad SMARTS) is 1. The van der Waals surface area contributed by atoms with Crippen molar-refractivity contribution in [2.75, 3.05) is 0 Å². The van der Waals surface area contributed by atoms with Crippen molar-refractivity contribution in [2.45, 2.75) is 19.4 Å². The van der Waals surface area contributed by atoms with Crippen LogP contribution in [0.15, 0.2) is 24.3 Å². The highest BCUT2D eigenvalue weighted by molar-refractivity contribution is 5.88. The van der Waals surface area contributed by atoms with Crippen LogP contribution in [0.4, 0.5) is 0 Å². The minimum absolute atomic E-state index is 0.140. The van der Waals surface area contributed by atoms with Crippen LogP contribution in [0.1, 0.15) is 24.2 Å². The zero-order chi connectivity index (χ0) is 11.5. The number of hydrogen-bond donors (Lipinski definition) is 1. The molecule has 0 saturated heterocycles. The Hall–Kier alpha value is -2.02. The summed E-state index contributed by atoms with van der Waals surface area (Å²) in [4.78, 5) is 10.7. The normalized spacial score (nSPS) is 10.5. The smallest absolute Gasteiger partial charge is 0.335 e. The molecule has 0 aliphatic rings. The summed E-state index contributed by atoms with van der Waals surface area (Å²) < 4.78 is 5.32. The molecule has 0 heterocycles. The maximum atomic E-state index is 10.7. The molecule has 0 aliphatic carbocycles. The Kier molecular flexibility index (Phi) is 2.96. The largest absolute Gasteiger partial charge is 0.478 e. The van der Waals surface area contributed by atoms with Gasteiger partial charge in [0, 0.05) is 0 Å². The molecule has 4 nitrogen and oxygen atoms in total. The first kappa shape index (κ1) is 11.1. The topological polar surface area (TPSA) is 70.3 Å². The summed E-state index contributed by atoms with van der Waals surface area (Å²) in [5, 5.41) is 17.5. The average molecular weight is 205 g/mol. The third-order valence-electron chi connectivity index (χ3n) is 1.72. The van der Waals surface area contributed by atoms with Crippen LogP contribution in [0.5, 0.6) is 5.75 Å². The molecule has 0 radical (unpaired) electrons. The van der Waals surface area contributed by atoms with Gasteiger partial charge in [-0.3, -0.25) is 0 Å². The quantitative estimate of drug-likeness (QED) is 0.819. The van der Waals surface area contributed by atoms with Crippen LogP contribution in [-0.4, -0.2) is 16.7 Å². The third kappa shape index (κ3) is 2.99. The monoisotopic (exact) mass is 205 g/mol. The van der Waals surface area contributed by atoms with Crippen LogP contribution in [-0.2, 0) is 0 Å². The number of nitrogens with zero attached hydrogens (tertiary/aromatic N) is 1. The van der Waals surface area contributed by atoms with E-state index in [4.69, 9.17) is 15.1 Å². The van der Waals surface area contributed by atoms with E-state index in [-0.39, 0.29) is 5.56 Å². The summed E-state index contributed by atoms with van der Waals surface area (Å²) >= 11 is 0. The number of rotatable bonds is 3. The van der Waals surface area contributed by atoms with Gasteiger partial charge in [-0.1, -0.05) is 6.07 Å². The number of benzene rings is 1. The fourth-order valence-electron chi connectivity index (χ4n) is 1.01. The van der Waals surface area contributed by atoms with Crippen molar-refractivity contribution in [1.29, 1.82) is 5.26 Å². The molecule has 0 atom stereocenters. The highest BCUT2D eigenvalue weighted by Crippen LogP contribution is 2.19. The van der Waals surface area contributed by atoms with E-state index in [0.29, 0.717) is 5.75 Å². The first-order valence-corrected chi connectivity index (χ1v) is 4.38. The number of carboxylic acids is 1. The fourth-order valence-corrected chi connectivity index (χ4v) is 1.01. The maximum absolute atomic E-state index is 10.7. The van der Waals surface area contributed by atoms with Gasteiger partial charge >= 0.3 is 5.97 Å². The van der Waals surface area contributed by atoms with Crippen LogP contribution < -0.4 is 4.74 Å². The minimum atomic E-state index is -1.02. The third-order valence-corrected chi connectivity index (χ3v) is 1.72. The van der Waals surface area contributed by atoms with Gasteiger partial charge in [-0.25, -0.2) is 4.79 Å². The van der Waals surface area contributed by atoms with Crippen molar-refractivity contribution in [1.82, 2.24) is 0 Å². The molecule has 1 rings (SSSR count). The minimum Gasteiger partial charge on any atom is -0.478 e. The van der Waals surface area contributed by atoms with Crippen molar-refractivity contribution >= 4 is 5.97 Å². The fraction of sp³-hybridized carbons (Fsp3) is 0.273. The standard InChI is InChI=1S/C11H11NO3/c1-11(2,7-12)15-9-5-3-4-8(6-9)10(13)14/h3-6H,1-2H3,(H,13,14). The Bertz CT molecular complexity index is 418. The molecule has 0 unspecified atom stereocenters. The van der Waals surface area contributed by atoms with Crippen LogP contribution in [0.2, 0.25) is 0 Å². The maximum Gasteiger partial charge on any atom is 0.335 e. The summed E-state index contributed by atoms with van der Waals surface area (Å²) in [5.74, 6) is -0.642. The van der Waals surface area contributed by atoms with Gasteiger partial charge in [-0.2, -0.15) is 5.26 Å². The molecule has 0 fully saturated rings. The van der Waals surface area contributed by atoms with Crippen LogP contribution in [0, 0.1) is 11.3 Å². The summed E-state index contributed by atoms with van der Waals surface area (Å²) in [6.07, 6.45) is 0. The number of carbonyl (C=O) groups is 1. The highest BCUT2D eigenvalue weighted by atomic mass is 16.5. The first-order valence-electron chi connectivity index (χ1n) is 4.38. The SMILES string of the molecule is CC(C)(C#N)Oc1cccc(C(=O)O)c1. The predicted molar refractivity (Wildman–Crippen MR) is 53.7 cm³/mol. The molecule has 1 aromatic rings. The van der Waals surface area contributed by atoms with E-state index < -0.39 is 11.6 Å². The van der Waals surface area contributed by atoms with Crippen molar-refractivity contribution in [2.24, 2.45) is 0 Å². The average Bonchev–Trinajstić information content (AvgIpc) is 2.17. The Morgan fingerprint density at radius 3 is 2.73 bits per heavy atom. The highest BCUT2D eigenvalue weighted by Gasteiger charge is 2.18. The van der Waals surface area contributed by atoms with Gasteiger partial charge in [0.05, 0.1) is 5.56 Å². The van der Waals surface area contributed by atoms with E-state index in [1.54, 1.807) is 26.0 Å². The Morgan fingerprint density at radius 1 is 1.53 bits per heavy atom. The molecule has 78 valence electrons. The van der Waals surface area contributed by atoms with Gasteiger partial charge in [0.1, 0.15) is 11.8 Å². The van der Waals surface area contributed by atoms with E-state index in [1.165, 1.54) is 12.1 Å². The Labute approximate surface area is 87.7 Å². The summed E-state index contributed by atoms with van der Waals surface area (Å²) in [6, 6.07) is 8.02. The summed E-state index contributed by atoms with van der Waals surface area (Å²) in [7, 11) is 0. The molecular weight excluding hydrogens is 194 g/mol. The van der Waals surface area contributed by atoms with Crippen molar-refractivity contribution in [3.05, 3.63) is 29.8 Å². The second-order valence-corrected chi connectivity index (χ2v) is 3.56. The van der Waals surface area contributed by atoms with Gasteiger partial charge in [0.25, 0.3) is 0 Å². The second kappa shape index (κ2) is 4.01. The van der Waals surface area contributed by atoms with Gasteiger partial charge in [0.15, 0.2) is 5.60 Å². The molecule has 0 saturated carbocycles. The Balaban J connectivity index is 2.93. The molecule has 4 heteroatoms. The molecule has 0 amide bonds. The van der Waals surface area contributed by atoms with Crippen LogP contribution >= 0.6 is 0 Å². The molecule has 0 aromatic heterocycles. The number of ether oxygens (including phenoxy) is 1. The predicted octanol–water partition coefficient (Wildman–Crippen LogP) is 2.07. The molecule has 1 N–H and O–H groups in total. The lowest BCUT2D eigenvalue weighted by molar-refractivity contribution is 0.0695. The van der Waals surface area contributed by atoms with Crippen LogP contribution in [0.25, 0.3) is 0 Å². The number of aromatic carboxylic acids is 1. The van der Waals surface area contributed by atoms with Crippen molar-refractivity contribution in [3.63, 3.8) is 0 Å². The molecule has 1 aromatic carbocycles. The van der Waals surface area contributed by atoms with Crippen LogP contribution in [0.3, 0.4) is 0 Å². The molecule has 0 spiro atoms. The summed E-state index contributed by atoms with van der Waals surface area (Å²) in [6.45, 7) is 3.22. The van der Waals surface area contributed by atoms with Gasteiger partial charge in [-0.15, -0.1) is 0 Å². The zero-order valence-corrected chi connectivity index (χ0v) is 8.52. The number of hydrogen-bond acceptors (Lipinski definition) is 3. The van der Waals surface area contributed by atoms with Gasteiger partial charge in [0.2, 0.25) is 0 Å².